The lowest BCUT2D eigenvalue weighted by Crippen LogP contribution is -2.34. The summed E-state index contributed by atoms with van der Waals surface area (Å²) in [5.74, 6) is -0.537. The lowest BCUT2D eigenvalue weighted by Gasteiger charge is -2.05. The molecule has 1 atom stereocenters. The molecule has 0 fully saturated rings. The fraction of sp³-hybridized carbons (Fsp3) is 0.400. The molecule has 0 saturated carbocycles. The highest BCUT2D eigenvalue weighted by atomic mass is 16.3. The van der Waals surface area contributed by atoms with Gasteiger partial charge in [0.15, 0.2) is 0 Å². The zero-order valence-electron chi connectivity index (χ0n) is 5.22. The number of carbonyl (C=O) groups excluding carboxylic acids is 1. The maximum atomic E-state index is 10.5. The summed E-state index contributed by atoms with van der Waals surface area (Å²) in [6.07, 6.45) is -0.877. The van der Waals surface area contributed by atoms with E-state index in [9.17, 15) is 4.79 Å². The van der Waals surface area contributed by atoms with Gasteiger partial charge in [0.25, 0.3) is 5.91 Å². The molecule has 0 aromatic rings. The largest absolute Gasteiger partial charge is 0.395 e. The van der Waals surface area contributed by atoms with E-state index < -0.39 is 12.1 Å². The summed E-state index contributed by atoms with van der Waals surface area (Å²) in [6.45, 7) is 4.58. The van der Waals surface area contributed by atoms with Crippen molar-refractivity contribution in [2.75, 3.05) is 0 Å². The number of amides is 1. The zero-order chi connectivity index (χ0) is 7.44. The standard InChI is InChI=1S/C5H10N2O2/c1-3(6)5(9)7-4(2)8/h4,8H,1,6H2,2H3,(H,7,9). The van der Waals surface area contributed by atoms with Crippen LogP contribution in [0.25, 0.3) is 0 Å². The Morgan fingerprint density at radius 1 is 1.89 bits per heavy atom. The van der Waals surface area contributed by atoms with Crippen LogP contribution in [0, 0.1) is 0 Å². The average molecular weight is 130 g/mol. The van der Waals surface area contributed by atoms with Gasteiger partial charge >= 0.3 is 0 Å². The Balaban J connectivity index is 3.65. The van der Waals surface area contributed by atoms with E-state index in [0.29, 0.717) is 0 Å². The molecular formula is C5H10N2O2. The van der Waals surface area contributed by atoms with Crippen LogP contribution >= 0.6 is 0 Å². The monoisotopic (exact) mass is 130 g/mol. The van der Waals surface area contributed by atoms with Gasteiger partial charge in [0.2, 0.25) is 0 Å². The van der Waals surface area contributed by atoms with Gasteiger partial charge in [0, 0.05) is 0 Å². The maximum Gasteiger partial charge on any atom is 0.268 e. The molecule has 9 heavy (non-hydrogen) atoms. The number of carbonyl (C=O) groups is 1. The summed E-state index contributed by atoms with van der Waals surface area (Å²) in [6, 6.07) is 0. The molecule has 0 aliphatic heterocycles. The number of aliphatic hydroxyl groups is 1. The molecule has 0 aromatic carbocycles. The molecule has 52 valence electrons. The van der Waals surface area contributed by atoms with E-state index in [2.05, 4.69) is 11.9 Å². The van der Waals surface area contributed by atoms with Gasteiger partial charge in [0.05, 0.1) is 5.70 Å². The third-order valence-corrected chi connectivity index (χ3v) is 0.632. The normalized spacial score (nSPS) is 12.2. The molecule has 0 radical (unpaired) electrons. The molecule has 0 rings (SSSR count). The average Bonchev–Trinajstić information content (AvgIpc) is 1.63. The predicted octanol–water partition coefficient (Wildman–Crippen LogP) is -1.09. The molecule has 1 amide bonds. The van der Waals surface area contributed by atoms with Crippen LogP contribution in [-0.2, 0) is 4.79 Å². The molecule has 0 saturated heterocycles. The Morgan fingerprint density at radius 3 is 2.44 bits per heavy atom. The first-order valence-corrected chi connectivity index (χ1v) is 2.47. The van der Waals surface area contributed by atoms with Crippen molar-refractivity contribution in [2.24, 2.45) is 5.73 Å². The van der Waals surface area contributed by atoms with Gasteiger partial charge < -0.3 is 16.2 Å². The molecule has 4 heteroatoms. The Kier molecular flexibility index (Phi) is 2.73. The highest BCUT2D eigenvalue weighted by Crippen LogP contribution is 1.78. The fourth-order valence-corrected chi connectivity index (χ4v) is 0.282. The Morgan fingerprint density at radius 2 is 2.33 bits per heavy atom. The third-order valence-electron chi connectivity index (χ3n) is 0.632. The van der Waals surface area contributed by atoms with E-state index in [1.165, 1.54) is 6.92 Å². The molecule has 0 bridgehead atoms. The SMILES string of the molecule is C=C(N)C(=O)NC(C)O. The number of nitrogens with one attached hydrogen (secondary N) is 1. The van der Waals surface area contributed by atoms with E-state index >= 15 is 0 Å². The molecule has 0 aliphatic rings. The van der Waals surface area contributed by atoms with Crippen LogP contribution in [0.5, 0.6) is 0 Å². The maximum absolute atomic E-state index is 10.5. The minimum Gasteiger partial charge on any atom is -0.395 e. The van der Waals surface area contributed by atoms with E-state index in [1.807, 2.05) is 0 Å². The molecule has 0 aliphatic carbocycles. The van der Waals surface area contributed by atoms with E-state index in [-0.39, 0.29) is 5.70 Å². The second-order valence-electron chi connectivity index (χ2n) is 1.67. The van der Waals surface area contributed by atoms with Gasteiger partial charge in [-0.05, 0) is 6.92 Å². The lowest BCUT2D eigenvalue weighted by molar-refractivity contribution is -0.120. The molecule has 0 aromatic heterocycles. The van der Waals surface area contributed by atoms with E-state index in [4.69, 9.17) is 10.8 Å². The minimum absolute atomic E-state index is 0.101. The number of hydrogen-bond acceptors (Lipinski definition) is 3. The molecule has 1 unspecified atom stereocenters. The van der Waals surface area contributed by atoms with Gasteiger partial charge in [0.1, 0.15) is 6.23 Å². The van der Waals surface area contributed by atoms with Crippen molar-refractivity contribution in [2.45, 2.75) is 13.2 Å². The van der Waals surface area contributed by atoms with Crippen LogP contribution in [0.15, 0.2) is 12.3 Å². The molecule has 0 spiro atoms. The first-order valence-electron chi connectivity index (χ1n) is 2.47. The van der Waals surface area contributed by atoms with Crippen LogP contribution < -0.4 is 11.1 Å². The fourth-order valence-electron chi connectivity index (χ4n) is 0.282. The summed E-state index contributed by atoms with van der Waals surface area (Å²) in [5.41, 5.74) is 4.87. The highest BCUT2D eigenvalue weighted by Gasteiger charge is 2.02. The summed E-state index contributed by atoms with van der Waals surface area (Å²) in [7, 11) is 0. The van der Waals surface area contributed by atoms with Crippen LogP contribution in [-0.4, -0.2) is 17.2 Å². The highest BCUT2D eigenvalue weighted by molar-refractivity contribution is 5.91. The first kappa shape index (κ1) is 7.97. The van der Waals surface area contributed by atoms with Crippen molar-refractivity contribution < 1.29 is 9.90 Å². The van der Waals surface area contributed by atoms with Crippen LogP contribution in [0.1, 0.15) is 6.92 Å². The van der Waals surface area contributed by atoms with Crippen molar-refractivity contribution in [3.63, 3.8) is 0 Å². The summed E-state index contributed by atoms with van der Waals surface area (Å²) in [5, 5.41) is 10.7. The summed E-state index contributed by atoms with van der Waals surface area (Å²) >= 11 is 0. The minimum atomic E-state index is -0.877. The van der Waals surface area contributed by atoms with Crippen LogP contribution in [0.4, 0.5) is 0 Å². The second-order valence-corrected chi connectivity index (χ2v) is 1.67. The van der Waals surface area contributed by atoms with E-state index in [0.717, 1.165) is 0 Å². The van der Waals surface area contributed by atoms with Gasteiger partial charge in [-0.15, -0.1) is 0 Å². The van der Waals surface area contributed by atoms with Gasteiger partial charge in [-0.25, -0.2) is 0 Å². The summed E-state index contributed by atoms with van der Waals surface area (Å²) in [4.78, 5) is 10.5. The second kappa shape index (κ2) is 3.09. The first-order chi connectivity index (χ1) is 4.04. The smallest absolute Gasteiger partial charge is 0.268 e. The lowest BCUT2D eigenvalue weighted by atomic mass is 10.4. The third kappa shape index (κ3) is 3.54. The van der Waals surface area contributed by atoms with Crippen molar-refractivity contribution in [3.8, 4) is 0 Å². The van der Waals surface area contributed by atoms with Crippen molar-refractivity contribution in [1.82, 2.24) is 5.32 Å². The molecular weight excluding hydrogens is 120 g/mol. The summed E-state index contributed by atoms with van der Waals surface area (Å²) < 4.78 is 0. The number of hydrogen-bond donors (Lipinski definition) is 3. The van der Waals surface area contributed by atoms with Crippen LogP contribution in [0.2, 0.25) is 0 Å². The van der Waals surface area contributed by atoms with Crippen molar-refractivity contribution >= 4 is 5.91 Å². The number of rotatable bonds is 2. The van der Waals surface area contributed by atoms with Gasteiger partial charge in [-0.2, -0.15) is 0 Å². The van der Waals surface area contributed by atoms with Crippen molar-refractivity contribution in [3.05, 3.63) is 12.3 Å². The number of nitrogens with two attached hydrogens (primary N) is 1. The Labute approximate surface area is 53.4 Å². The topological polar surface area (TPSA) is 75.4 Å². The predicted molar refractivity (Wildman–Crippen MR) is 33.2 cm³/mol. The zero-order valence-corrected chi connectivity index (χ0v) is 5.22. The molecule has 4 N–H and O–H groups in total. The molecule has 4 nitrogen and oxygen atoms in total. The Bertz CT molecular complexity index is 131. The Hall–Kier alpha value is -1.03. The quantitative estimate of drug-likeness (QED) is 0.328. The van der Waals surface area contributed by atoms with E-state index in [1.54, 1.807) is 0 Å². The van der Waals surface area contributed by atoms with Gasteiger partial charge in [-0.1, -0.05) is 6.58 Å². The number of aliphatic hydroxyl groups excluding tert-OH is 1. The molecule has 0 heterocycles. The van der Waals surface area contributed by atoms with Crippen LogP contribution in [0.3, 0.4) is 0 Å². The van der Waals surface area contributed by atoms with Crippen molar-refractivity contribution in [1.29, 1.82) is 0 Å². The van der Waals surface area contributed by atoms with Gasteiger partial charge in [-0.3, -0.25) is 4.79 Å².